The second-order valence-electron chi connectivity index (χ2n) is 9.76. The van der Waals surface area contributed by atoms with Crippen molar-refractivity contribution >= 4 is 27.2 Å². The van der Waals surface area contributed by atoms with E-state index in [1.54, 1.807) is 24.2 Å². The first kappa shape index (κ1) is 26.8. The quantitative estimate of drug-likeness (QED) is 0.295. The second kappa shape index (κ2) is 10.4. The first-order valence-corrected chi connectivity index (χ1v) is 14.4. The van der Waals surface area contributed by atoms with Gasteiger partial charge in [0.2, 0.25) is 5.91 Å². The van der Waals surface area contributed by atoms with Crippen LogP contribution in [0.1, 0.15) is 37.3 Å². The minimum absolute atomic E-state index is 0.0118. The Kier molecular flexibility index (Phi) is 7.14. The summed E-state index contributed by atoms with van der Waals surface area (Å²) in [4.78, 5) is 17.1. The van der Waals surface area contributed by atoms with E-state index in [1.807, 2.05) is 36.5 Å². The molecule has 0 radical (unpaired) electrons. The molecular formula is C26H31N7O5S. The Balaban J connectivity index is 1.54. The van der Waals surface area contributed by atoms with Crippen LogP contribution in [0.2, 0.25) is 0 Å². The molecule has 0 unspecified atom stereocenters. The van der Waals surface area contributed by atoms with Crippen LogP contribution in [0.25, 0.3) is 22.5 Å². The Hall–Kier alpha value is -3.81. The van der Waals surface area contributed by atoms with Crippen molar-refractivity contribution in [3.63, 3.8) is 0 Å². The Labute approximate surface area is 225 Å². The number of anilines is 1. The highest BCUT2D eigenvalue weighted by atomic mass is 32.2. The van der Waals surface area contributed by atoms with Gasteiger partial charge in [0.25, 0.3) is 0 Å². The van der Waals surface area contributed by atoms with E-state index < -0.39 is 21.3 Å². The average molecular weight is 554 g/mol. The number of methoxy groups -OCH3 is 1. The van der Waals surface area contributed by atoms with Crippen molar-refractivity contribution < 1.29 is 22.7 Å². The van der Waals surface area contributed by atoms with Crippen molar-refractivity contribution in [3.05, 3.63) is 54.6 Å². The number of ether oxygens (including phenoxy) is 2. The van der Waals surface area contributed by atoms with Crippen LogP contribution in [-0.2, 0) is 24.1 Å². The summed E-state index contributed by atoms with van der Waals surface area (Å²) >= 11 is 0. The van der Waals surface area contributed by atoms with Crippen molar-refractivity contribution in [1.82, 2.24) is 24.4 Å². The summed E-state index contributed by atoms with van der Waals surface area (Å²) in [6.07, 6.45) is 7.79. The van der Waals surface area contributed by atoms with Crippen LogP contribution in [0.3, 0.4) is 0 Å². The Bertz CT molecular complexity index is 1610. The maximum Gasteiger partial charge on any atom is 0.249 e. The van der Waals surface area contributed by atoms with Crippen LogP contribution < -0.4 is 11.5 Å². The van der Waals surface area contributed by atoms with Crippen molar-refractivity contribution in [2.75, 3.05) is 32.3 Å². The molecule has 0 aliphatic heterocycles. The molecule has 13 heteroatoms. The number of para-hydroxylation sites is 1. The normalized spacial score (nSPS) is 19.9. The molecule has 4 N–H and O–H groups in total. The summed E-state index contributed by atoms with van der Waals surface area (Å²) in [7, 11) is -2.21. The third-order valence-corrected chi connectivity index (χ3v) is 8.40. The number of hydrogen-bond acceptors (Lipinski definition) is 9. The number of rotatable bonds is 9. The Morgan fingerprint density at radius 3 is 2.49 bits per heavy atom. The zero-order valence-corrected chi connectivity index (χ0v) is 22.6. The van der Waals surface area contributed by atoms with Gasteiger partial charge < -0.3 is 20.9 Å². The van der Waals surface area contributed by atoms with Gasteiger partial charge in [-0.25, -0.2) is 18.1 Å². The highest BCUT2D eigenvalue weighted by Gasteiger charge is 2.43. The van der Waals surface area contributed by atoms with Crippen molar-refractivity contribution in [2.24, 2.45) is 5.73 Å². The number of amides is 1. The first-order valence-electron chi connectivity index (χ1n) is 12.5. The van der Waals surface area contributed by atoms with Gasteiger partial charge in [-0.15, -0.1) is 0 Å². The lowest BCUT2D eigenvalue weighted by atomic mass is 9.77. The van der Waals surface area contributed by atoms with Crippen molar-refractivity contribution in [2.45, 2.75) is 42.1 Å². The molecule has 0 atom stereocenters. The number of nitrogens with two attached hydrogens (primary N) is 2. The van der Waals surface area contributed by atoms with Crippen LogP contribution >= 0.6 is 0 Å². The molecule has 1 aromatic carbocycles. The summed E-state index contributed by atoms with van der Waals surface area (Å²) in [5.74, 6) is -0.838. The van der Waals surface area contributed by atoms with Gasteiger partial charge in [-0.1, -0.05) is 18.2 Å². The largest absolute Gasteiger partial charge is 0.382 e. The predicted octanol–water partition coefficient (Wildman–Crippen LogP) is 2.11. The lowest BCUT2D eigenvalue weighted by Crippen LogP contribution is -2.49. The molecule has 1 aliphatic carbocycles. The average Bonchev–Trinajstić information content (AvgIpc) is 3.56. The summed E-state index contributed by atoms with van der Waals surface area (Å²) in [6.45, 7) is 0.558. The van der Waals surface area contributed by atoms with Gasteiger partial charge in [0.05, 0.1) is 37.0 Å². The molecule has 1 saturated carbocycles. The van der Waals surface area contributed by atoms with Gasteiger partial charge in [-0.3, -0.25) is 4.79 Å². The number of primary amides is 1. The topological polar surface area (TPSA) is 170 Å². The smallest absolute Gasteiger partial charge is 0.249 e. The standard InChI is InChI=1S/C26H31N7O5S/c1-37-12-13-38-26(25(28)34)10-8-17(9-11-26)21-22(39(2,35)36)23(27)33-24(31-21)20(15-30-33)18-14-29-32(16-18)19-6-4-3-5-7-19/h3-7,14-17H,8-13,27H2,1-2H3,(H2,28,34)/t17-,26-. The molecule has 12 nitrogen and oxygen atoms in total. The highest BCUT2D eigenvalue weighted by molar-refractivity contribution is 7.91. The molecule has 4 aromatic rings. The van der Waals surface area contributed by atoms with E-state index >= 15 is 0 Å². The fourth-order valence-electron chi connectivity index (χ4n) is 5.20. The first-order chi connectivity index (χ1) is 18.6. The molecule has 3 heterocycles. The van der Waals surface area contributed by atoms with Crippen LogP contribution in [-0.4, -0.2) is 70.9 Å². The van der Waals surface area contributed by atoms with Gasteiger partial charge in [0.15, 0.2) is 15.5 Å². The molecule has 0 saturated heterocycles. The number of benzene rings is 1. The van der Waals surface area contributed by atoms with E-state index in [9.17, 15) is 13.2 Å². The molecule has 1 fully saturated rings. The molecule has 1 amide bonds. The maximum absolute atomic E-state index is 12.9. The SMILES string of the molecule is COCCO[C@]1(C(N)=O)CC[C@@H](c2nc3c(-c4cnn(-c5ccccc5)c4)cnn3c(N)c2S(C)(=O)=O)CC1. The number of nitrogen functional groups attached to an aromatic ring is 1. The Morgan fingerprint density at radius 2 is 1.85 bits per heavy atom. The molecule has 3 aromatic heterocycles. The van der Waals surface area contributed by atoms with Gasteiger partial charge in [0, 0.05) is 36.6 Å². The van der Waals surface area contributed by atoms with Gasteiger partial charge in [0.1, 0.15) is 16.3 Å². The number of hydrogen-bond donors (Lipinski definition) is 2. The van der Waals surface area contributed by atoms with E-state index in [0.29, 0.717) is 49.2 Å². The second-order valence-corrected chi connectivity index (χ2v) is 11.7. The molecule has 206 valence electrons. The van der Waals surface area contributed by atoms with Crippen molar-refractivity contribution in [3.8, 4) is 16.8 Å². The lowest BCUT2D eigenvalue weighted by Gasteiger charge is -2.37. The molecule has 39 heavy (non-hydrogen) atoms. The molecule has 0 bridgehead atoms. The van der Waals surface area contributed by atoms with E-state index in [-0.39, 0.29) is 23.2 Å². The number of aromatic nitrogens is 5. The minimum Gasteiger partial charge on any atom is -0.382 e. The highest BCUT2D eigenvalue weighted by Crippen LogP contribution is 2.43. The van der Waals surface area contributed by atoms with Crippen LogP contribution in [0.5, 0.6) is 0 Å². The van der Waals surface area contributed by atoms with E-state index in [2.05, 4.69) is 10.2 Å². The fraction of sp³-hybridized carbons (Fsp3) is 0.385. The molecule has 0 spiro atoms. The summed E-state index contributed by atoms with van der Waals surface area (Å²) < 4.78 is 39.8. The van der Waals surface area contributed by atoms with E-state index in [4.69, 9.17) is 25.9 Å². The fourth-order valence-corrected chi connectivity index (χ4v) is 6.26. The maximum atomic E-state index is 12.9. The van der Waals surface area contributed by atoms with E-state index in [1.165, 1.54) is 4.52 Å². The van der Waals surface area contributed by atoms with Crippen LogP contribution in [0, 0.1) is 0 Å². The van der Waals surface area contributed by atoms with Gasteiger partial charge in [-0.2, -0.15) is 14.7 Å². The van der Waals surface area contributed by atoms with Crippen molar-refractivity contribution in [1.29, 1.82) is 0 Å². The minimum atomic E-state index is -3.76. The summed E-state index contributed by atoms with van der Waals surface area (Å²) in [5.41, 5.74) is 14.1. The molecule has 1 aliphatic rings. The predicted molar refractivity (Wildman–Crippen MR) is 144 cm³/mol. The Morgan fingerprint density at radius 1 is 1.13 bits per heavy atom. The van der Waals surface area contributed by atoms with Crippen LogP contribution in [0.4, 0.5) is 5.82 Å². The summed E-state index contributed by atoms with van der Waals surface area (Å²) in [5, 5.41) is 8.82. The van der Waals surface area contributed by atoms with E-state index in [0.717, 1.165) is 17.5 Å². The number of nitrogens with zero attached hydrogens (tertiary/aromatic N) is 5. The molecular weight excluding hydrogens is 522 g/mol. The van der Waals surface area contributed by atoms with Gasteiger partial charge in [-0.05, 0) is 37.8 Å². The lowest BCUT2D eigenvalue weighted by molar-refractivity contribution is -0.151. The number of carbonyl (C=O) groups excluding carboxylic acids is 1. The zero-order valence-electron chi connectivity index (χ0n) is 21.8. The monoisotopic (exact) mass is 553 g/mol. The number of fused-ring (bicyclic) bond motifs is 1. The zero-order chi connectivity index (χ0) is 27.8. The summed E-state index contributed by atoms with van der Waals surface area (Å²) in [6, 6.07) is 9.65. The molecule has 5 rings (SSSR count). The number of carbonyl (C=O) groups is 1. The third kappa shape index (κ3) is 5.00. The third-order valence-electron chi connectivity index (χ3n) is 7.24. The number of sulfone groups is 1. The van der Waals surface area contributed by atoms with Gasteiger partial charge >= 0.3 is 0 Å². The van der Waals surface area contributed by atoms with Crippen LogP contribution in [0.15, 0.2) is 53.8 Å².